The maximum Gasteiger partial charge on any atom is 0.163 e. The summed E-state index contributed by atoms with van der Waals surface area (Å²) < 4.78 is 1.51. The van der Waals surface area contributed by atoms with Crippen LogP contribution >= 0.6 is 23.2 Å². The summed E-state index contributed by atoms with van der Waals surface area (Å²) in [5.41, 5.74) is 1.47. The zero-order chi connectivity index (χ0) is 10.1. The minimum Gasteiger partial charge on any atom is -0.296 e. The minimum absolute atomic E-state index is 0.341. The summed E-state index contributed by atoms with van der Waals surface area (Å²) >= 11 is 11.7. The molecule has 0 radical (unpaired) electrons. The first kappa shape index (κ1) is 9.43. The minimum atomic E-state index is 0.341. The number of halogens is 2. The van der Waals surface area contributed by atoms with Crippen LogP contribution in [0.3, 0.4) is 0 Å². The van der Waals surface area contributed by atoms with E-state index in [4.69, 9.17) is 23.2 Å². The van der Waals surface area contributed by atoms with E-state index < -0.39 is 0 Å². The molecule has 0 unspecified atom stereocenters. The largest absolute Gasteiger partial charge is 0.296 e. The fourth-order valence-corrected chi connectivity index (χ4v) is 1.64. The molecule has 0 N–H and O–H groups in total. The van der Waals surface area contributed by atoms with Gasteiger partial charge in [0.2, 0.25) is 0 Å². The maximum absolute atomic E-state index is 5.91. The van der Waals surface area contributed by atoms with Gasteiger partial charge in [-0.1, -0.05) is 23.2 Å². The molecular weight excluding hydrogens is 223 g/mol. The molecule has 2 heterocycles. The summed E-state index contributed by atoms with van der Waals surface area (Å²) in [5, 5.41) is 4.82. The van der Waals surface area contributed by atoms with Gasteiger partial charge in [-0.3, -0.25) is 4.99 Å². The van der Waals surface area contributed by atoms with Crippen LogP contribution in [0.25, 0.3) is 5.65 Å². The van der Waals surface area contributed by atoms with E-state index in [9.17, 15) is 0 Å². The lowest BCUT2D eigenvalue weighted by Crippen LogP contribution is -1.93. The highest BCUT2D eigenvalue weighted by molar-refractivity contribution is 6.33. The topological polar surface area (TPSA) is 42.5 Å². The summed E-state index contributed by atoms with van der Waals surface area (Å²) in [4.78, 5) is 7.87. The van der Waals surface area contributed by atoms with E-state index in [0.717, 1.165) is 5.56 Å². The lowest BCUT2D eigenvalue weighted by atomic mass is 10.3. The molecule has 0 saturated heterocycles. The van der Waals surface area contributed by atoms with Gasteiger partial charge in [0.25, 0.3) is 0 Å². The summed E-state index contributed by atoms with van der Waals surface area (Å²) in [7, 11) is 0. The highest BCUT2D eigenvalue weighted by atomic mass is 35.5. The normalized spacial score (nSPS) is 10.7. The Morgan fingerprint density at radius 1 is 1.50 bits per heavy atom. The maximum atomic E-state index is 5.91. The molecule has 0 aliphatic heterocycles. The van der Waals surface area contributed by atoms with E-state index in [1.165, 1.54) is 10.6 Å². The van der Waals surface area contributed by atoms with E-state index in [1.54, 1.807) is 6.20 Å². The van der Waals surface area contributed by atoms with Crippen molar-refractivity contribution in [2.75, 3.05) is 0 Å². The fraction of sp³-hybridized carbons (Fsp3) is 0.125. The molecule has 0 fully saturated rings. The van der Waals surface area contributed by atoms with Gasteiger partial charge >= 0.3 is 0 Å². The van der Waals surface area contributed by atoms with Crippen LogP contribution in [0.4, 0.5) is 0 Å². The Morgan fingerprint density at radius 3 is 3.00 bits per heavy atom. The van der Waals surface area contributed by atoms with Crippen LogP contribution in [0.1, 0.15) is 5.56 Å². The van der Waals surface area contributed by atoms with Crippen LogP contribution in [0.5, 0.6) is 0 Å². The fourth-order valence-electron chi connectivity index (χ4n) is 1.18. The SMILES string of the molecule is C=NCc1cnn2c(Cl)cc(Cl)nc12. The first-order chi connectivity index (χ1) is 6.72. The highest BCUT2D eigenvalue weighted by Crippen LogP contribution is 2.18. The number of aromatic nitrogens is 3. The van der Waals surface area contributed by atoms with Crippen LogP contribution < -0.4 is 0 Å². The Bertz CT molecular complexity index is 491. The number of fused-ring (bicyclic) bond motifs is 1. The van der Waals surface area contributed by atoms with Crippen molar-refractivity contribution < 1.29 is 0 Å². The van der Waals surface area contributed by atoms with Crippen LogP contribution in [0, 0.1) is 0 Å². The molecule has 4 nitrogen and oxygen atoms in total. The van der Waals surface area contributed by atoms with Gasteiger partial charge in [0.15, 0.2) is 5.65 Å². The lowest BCUT2D eigenvalue weighted by molar-refractivity contribution is 0.940. The summed E-state index contributed by atoms with van der Waals surface area (Å²) in [5.74, 6) is 0. The third-order valence-corrected chi connectivity index (χ3v) is 2.22. The van der Waals surface area contributed by atoms with Gasteiger partial charge in [0, 0.05) is 11.6 Å². The smallest absolute Gasteiger partial charge is 0.163 e. The van der Waals surface area contributed by atoms with Gasteiger partial charge in [-0.2, -0.15) is 5.10 Å². The second kappa shape index (κ2) is 3.55. The van der Waals surface area contributed by atoms with Crippen molar-refractivity contribution in [2.24, 2.45) is 4.99 Å². The van der Waals surface area contributed by atoms with Crippen LogP contribution in [0.2, 0.25) is 10.3 Å². The van der Waals surface area contributed by atoms with Crippen LogP contribution in [-0.4, -0.2) is 21.3 Å². The third kappa shape index (κ3) is 1.47. The van der Waals surface area contributed by atoms with Crippen molar-refractivity contribution in [1.29, 1.82) is 0 Å². The highest BCUT2D eigenvalue weighted by Gasteiger charge is 2.08. The Hall–Kier alpha value is -1.13. The summed E-state index contributed by atoms with van der Waals surface area (Å²) in [6.45, 7) is 3.86. The average Bonchev–Trinajstić information content (AvgIpc) is 2.49. The van der Waals surface area contributed by atoms with Crippen molar-refractivity contribution in [2.45, 2.75) is 6.54 Å². The van der Waals surface area contributed by atoms with Crippen LogP contribution in [0.15, 0.2) is 17.3 Å². The quantitative estimate of drug-likeness (QED) is 0.585. The van der Waals surface area contributed by atoms with Gasteiger partial charge < -0.3 is 0 Å². The zero-order valence-electron chi connectivity index (χ0n) is 7.11. The molecule has 0 spiro atoms. The number of nitrogens with zero attached hydrogens (tertiary/aromatic N) is 4. The number of rotatable bonds is 2. The molecule has 0 aromatic carbocycles. The molecular formula is C8H6Cl2N4. The van der Waals surface area contributed by atoms with Gasteiger partial charge in [0.1, 0.15) is 10.3 Å². The van der Waals surface area contributed by atoms with Crippen molar-refractivity contribution in [3.8, 4) is 0 Å². The summed E-state index contributed by atoms with van der Waals surface area (Å²) in [6.07, 6.45) is 1.65. The van der Waals surface area contributed by atoms with E-state index in [0.29, 0.717) is 22.5 Å². The molecule has 6 heteroatoms. The standard InChI is InChI=1S/C8H6Cl2N4/c1-11-3-5-4-12-14-7(10)2-6(9)13-8(5)14/h2,4H,1,3H2. The predicted octanol–water partition coefficient (Wildman–Crippen LogP) is 2.24. The van der Waals surface area contributed by atoms with E-state index in [1.807, 2.05) is 0 Å². The molecule has 0 saturated carbocycles. The molecule has 2 aromatic heterocycles. The van der Waals surface area contributed by atoms with Gasteiger partial charge in [0.05, 0.1) is 12.7 Å². The monoisotopic (exact) mass is 228 g/mol. The first-order valence-corrected chi connectivity index (χ1v) is 4.59. The molecule has 0 bridgehead atoms. The second-order valence-electron chi connectivity index (χ2n) is 2.69. The molecule has 2 rings (SSSR count). The second-order valence-corrected chi connectivity index (χ2v) is 3.46. The van der Waals surface area contributed by atoms with Gasteiger partial charge in [-0.25, -0.2) is 9.50 Å². The predicted molar refractivity (Wildman–Crippen MR) is 56.3 cm³/mol. The van der Waals surface area contributed by atoms with Crippen molar-refractivity contribution in [1.82, 2.24) is 14.6 Å². The van der Waals surface area contributed by atoms with Gasteiger partial charge in [-0.05, 0) is 6.72 Å². The zero-order valence-corrected chi connectivity index (χ0v) is 8.63. The van der Waals surface area contributed by atoms with Crippen molar-refractivity contribution in [3.63, 3.8) is 0 Å². The molecule has 0 amide bonds. The molecule has 14 heavy (non-hydrogen) atoms. The number of hydrogen-bond donors (Lipinski definition) is 0. The van der Waals surface area contributed by atoms with Crippen molar-refractivity contribution in [3.05, 3.63) is 28.1 Å². The Balaban J connectivity index is 2.71. The molecule has 0 aliphatic carbocycles. The molecule has 2 aromatic rings. The molecule has 0 aliphatic rings. The Labute approximate surface area is 90.2 Å². The number of aliphatic imine (C=N–C) groups is 1. The van der Waals surface area contributed by atoms with E-state index in [-0.39, 0.29) is 0 Å². The average molecular weight is 229 g/mol. The Kier molecular flexibility index (Phi) is 2.39. The van der Waals surface area contributed by atoms with E-state index >= 15 is 0 Å². The molecule has 0 atom stereocenters. The van der Waals surface area contributed by atoms with Crippen LogP contribution in [-0.2, 0) is 6.54 Å². The first-order valence-electron chi connectivity index (χ1n) is 3.83. The third-order valence-electron chi connectivity index (χ3n) is 1.75. The molecule has 72 valence electrons. The van der Waals surface area contributed by atoms with Gasteiger partial charge in [-0.15, -0.1) is 0 Å². The summed E-state index contributed by atoms with van der Waals surface area (Å²) in [6, 6.07) is 1.54. The number of hydrogen-bond acceptors (Lipinski definition) is 3. The lowest BCUT2D eigenvalue weighted by Gasteiger charge is -1.98. The Morgan fingerprint density at radius 2 is 2.29 bits per heavy atom. The van der Waals surface area contributed by atoms with Crippen molar-refractivity contribution >= 4 is 35.6 Å². The van der Waals surface area contributed by atoms with E-state index in [2.05, 4.69) is 21.8 Å².